The van der Waals surface area contributed by atoms with Gasteiger partial charge in [-0.2, -0.15) is 0 Å². The van der Waals surface area contributed by atoms with Crippen molar-refractivity contribution in [1.29, 1.82) is 0 Å². The van der Waals surface area contributed by atoms with Crippen LogP contribution in [0.25, 0.3) is 0 Å². The molecule has 0 fully saturated rings. The van der Waals surface area contributed by atoms with Crippen LogP contribution in [0.1, 0.15) is 59.3 Å². The van der Waals surface area contributed by atoms with Gasteiger partial charge in [-0.3, -0.25) is 4.79 Å². The zero-order chi connectivity index (χ0) is 13.5. The summed E-state index contributed by atoms with van der Waals surface area (Å²) >= 11 is 0. The van der Waals surface area contributed by atoms with Crippen LogP contribution in [0.5, 0.6) is 0 Å². The lowest BCUT2D eigenvalue weighted by atomic mass is 9.92. The zero-order valence-electron chi connectivity index (χ0n) is 11.5. The van der Waals surface area contributed by atoms with E-state index in [9.17, 15) is 14.7 Å². The van der Waals surface area contributed by atoms with Crippen molar-refractivity contribution >= 4 is 11.9 Å². The van der Waals surface area contributed by atoms with Gasteiger partial charge in [0.15, 0.2) is 0 Å². The predicted molar refractivity (Wildman–Crippen MR) is 67.9 cm³/mol. The van der Waals surface area contributed by atoms with E-state index in [-0.39, 0.29) is 5.91 Å². The van der Waals surface area contributed by atoms with Crippen LogP contribution < -0.4 is 0 Å². The molecular formula is C13H25NO3. The van der Waals surface area contributed by atoms with E-state index in [1.54, 1.807) is 14.0 Å². The number of amides is 1. The molecule has 0 aliphatic carbocycles. The summed E-state index contributed by atoms with van der Waals surface area (Å²) in [6, 6.07) is 0. The summed E-state index contributed by atoms with van der Waals surface area (Å²) in [5.74, 6) is -1.13. The van der Waals surface area contributed by atoms with Gasteiger partial charge in [-0.1, -0.05) is 39.0 Å². The van der Waals surface area contributed by atoms with E-state index in [1.807, 2.05) is 0 Å². The quantitative estimate of drug-likeness (QED) is 0.667. The molecule has 0 aromatic carbocycles. The summed E-state index contributed by atoms with van der Waals surface area (Å²) < 4.78 is 0. The molecule has 17 heavy (non-hydrogen) atoms. The molecule has 0 rings (SSSR count). The molecule has 1 amide bonds. The maximum absolute atomic E-state index is 11.3. The lowest BCUT2D eigenvalue weighted by Gasteiger charge is -2.34. The number of carboxylic acids is 1. The van der Waals surface area contributed by atoms with Crippen LogP contribution in [0.3, 0.4) is 0 Å². The number of rotatable bonds is 8. The number of unbranched alkanes of at least 4 members (excludes halogenated alkanes) is 4. The van der Waals surface area contributed by atoms with E-state index in [2.05, 4.69) is 6.92 Å². The highest BCUT2D eigenvalue weighted by molar-refractivity contribution is 5.85. The first kappa shape index (κ1) is 15.9. The van der Waals surface area contributed by atoms with Crippen LogP contribution in [0.15, 0.2) is 0 Å². The highest BCUT2D eigenvalue weighted by Crippen LogP contribution is 2.22. The number of carboxylic acid groups (broad SMARTS) is 1. The molecule has 0 aliphatic rings. The van der Waals surface area contributed by atoms with Gasteiger partial charge in [-0.15, -0.1) is 0 Å². The standard InChI is InChI=1S/C13H25NO3/c1-5-6-7-8-9-10-13(3,12(16)17)14(4)11(2)15/h5-10H2,1-4H3,(H,16,17). The second kappa shape index (κ2) is 7.30. The molecule has 0 radical (unpaired) electrons. The van der Waals surface area contributed by atoms with Gasteiger partial charge in [0.25, 0.3) is 0 Å². The summed E-state index contributed by atoms with van der Waals surface area (Å²) in [6.45, 7) is 5.17. The first-order chi connectivity index (χ1) is 7.86. The molecule has 0 spiro atoms. The second-order valence-electron chi connectivity index (χ2n) is 4.82. The molecule has 1 N–H and O–H groups in total. The fourth-order valence-corrected chi connectivity index (χ4v) is 1.84. The fourth-order valence-electron chi connectivity index (χ4n) is 1.84. The van der Waals surface area contributed by atoms with Crippen molar-refractivity contribution in [3.8, 4) is 0 Å². The molecule has 4 heteroatoms. The zero-order valence-corrected chi connectivity index (χ0v) is 11.5. The van der Waals surface area contributed by atoms with Crippen LogP contribution >= 0.6 is 0 Å². The Morgan fingerprint density at radius 1 is 1.18 bits per heavy atom. The van der Waals surface area contributed by atoms with Gasteiger partial charge in [0, 0.05) is 14.0 Å². The molecule has 0 aromatic heterocycles. The number of hydrogen-bond donors (Lipinski definition) is 1. The highest BCUT2D eigenvalue weighted by atomic mass is 16.4. The third-order valence-electron chi connectivity index (χ3n) is 3.44. The summed E-state index contributed by atoms with van der Waals surface area (Å²) in [6.07, 6.45) is 5.89. The molecule has 0 heterocycles. The van der Waals surface area contributed by atoms with Crippen molar-refractivity contribution in [1.82, 2.24) is 4.90 Å². The predicted octanol–water partition coefficient (Wildman–Crippen LogP) is 2.67. The molecule has 0 saturated carbocycles. The van der Waals surface area contributed by atoms with E-state index < -0.39 is 11.5 Å². The van der Waals surface area contributed by atoms with Crippen LogP contribution in [-0.2, 0) is 9.59 Å². The number of hydrogen-bond acceptors (Lipinski definition) is 2. The summed E-state index contributed by atoms with van der Waals surface area (Å²) in [5, 5.41) is 9.26. The molecule has 0 saturated heterocycles. The van der Waals surface area contributed by atoms with Gasteiger partial charge in [0.05, 0.1) is 0 Å². The SMILES string of the molecule is CCCCCCCC(C)(C(=O)O)N(C)C(C)=O. The molecule has 0 bridgehead atoms. The average molecular weight is 243 g/mol. The topological polar surface area (TPSA) is 57.6 Å². The van der Waals surface area contributed by atoms with Gasteiger partial charge in [-0.25, -0.2) is 4.79 Å². The van der Waals surface area contributed by atoms with Crippen LogP contribution in [-0.4, -0.2) is 34.5 Å². The third kappa shape index (κ3) is 4.75. The number of nitrogens with zero attached hydrogens (tertiary/aromatic N) is 1. The van der Waals surface area contributed by atoms with E-state index in [0.29, 0.717) is 6.42 Å². The first-order valence-corrected chi connectivity index (χ1v) is 6.34. The molecule has 1 atom stereocenters. The van der Waals surface area contributed by atoms with Crippen LogP contribution in [0.2, 0.25) is 0 Å². The van der Waals surface area contributed by atoms with Gasteiger partial charge >= 0.3 is 5.97 Å². The third-order valence-corrected chi connectivity index (χ3v) is 3.44. The molecule has 0 aliphatic heterocycles. The molecule has 4 nitrogen and oxygen atoms in total. The highest BCUT2D eigenvalue weighted by Gasteiger charge is 2.38. The average Bonchev–Trinajstić information content (AvgIpc) is 2.27. The van der Waals surface area contributed by atoms with Crippen molar-refractivity contribution in [3.05, 3.63) is 0 Å². The maximum Gasteiger partial charge on any atom is 0.329 e. The van der Waals surface area contributed by atoms with Crippen molar-refractivity contribution < 1.29 is 14.7 Å². The molecular weight excluding hydrogens is 218 g/mol. The summed E-state index contributed by atoms with van der Waals surface area (Å²) in [5.41, 5.74) is -1.07. The van der Waals surface area contributed by atoms with Crippen molar-refractivity contribution in [2.45, 2.75) is 64.8 Å². The minimum absolute atomic E-state index is 0.205. The van der Waals surface area contributed by atoms with Gasteiger partial charge in [-0.05, 0) is 13.3 Å². The lowest BCUT2D eigenvalue weighted by Crippen LogP contribution is -2.52. The number of carbonyl (C=O) groups is 2. The molecule has 0 aromatic rings. The Labute approximate surface area is 104 Å². The van der Waals surface area contributed by atoms with E-state index in [1.165, 1.54) is 24.7 Å². The van der Waals surface area contributed by atoms with Crippen LogP contribution in [0, 0.1) is 0 Å². The van der Waals surface area contributed by atoms with Gasteiger partial charge < -0.3 is 10.0 Å². The van der Waals surface area contributed by atoms with Gasteiger partial charge in [0.2, 0.25) is 5.91 Å². The van der Waals surface area contributed by atoms with Crippen molar-refractivity contribution in [3.63, 3.8) is 0 Å². The summed E-state index contributed by atoms with van der Waals surface area (Å²) in [4.78, 5) is 23.9. The van der Waals surface area contributed by atoms with Crippen molar-refractivity contribution in [2.24, 2.45) is 0 Å². The van der Waals surface area contributed by atoms with Crippen LogP contribution in [0.4, 0.5) is 0 Å². The maximum atomic E-state index is 11.3. The Morgan fingerprint density at radius 3 is 2.12 bits per heavy atom. The van der Waals surface area contributed by atoms with E-state index in [0.717, 1.165) is 19.3 Å². The normalized spacial score (nSPS) is 14.1. The summed E-state index contributed by atoms with van der Waals surface area (Å²) in [7, 11) is 1.56. The minimum Gasteiger partial charge on any atom is -0.480 e. The second-order valence-corrected chi connectivity index (χ2v) is 4.82. The Morgan fingerprint density at radius 2 is 1.71 bits per heavy atom. The van der Waals surface area contributed by atoms with E-state index in [4.69, 9.17) is 0 Å². The largest absolute Gasteiger partial charge is 0.480 e. The molecule has 1 unspecified atom stereocenters. The lowest BCUT2D eigenvalue weighted by molar-refractivity contribution is -0.156. The Bertz CT molecular complexity index is 265. The Balaban J connectivity index is 4.33. The number of likely N-dealkylation sites (N-methyl/N-ethyl adjacent to an activating group) is 1. The van der Waals surface area contributed by atoms with E-state index >= 15 is 0 Å². The smallest absolute Gasteiger partial charge is 0.329 e. The first-order valence-electron chi connectivity index (χ1n) is 6.34. The minimum atomic E-state index is -1.07. The Hall–Kier alpha value is -1.06. The van der Waals surface area contributed by atoms with Crippen molar-refractivity contribution in [2.75, 3.05) is 7.05 Å². The number of carbonyl (C=O) groups excluding carboxylic acids is 1. The monoisotopic (exact) mass is 243 g/mol. The number of aliphatic carboxylic acids is 1. The van der Waals surface area contributed by atoms with Gasteiger partial charge in [0.1, 0.15) is 5.54 Å². The fraction of sp³-hybridized carbons (Fsp3) is 0.846. The molecule has 100 valence electrons. The Kier molecular flexibility index (Phi) is 6.85.